The summed E-state index contributed by atoms with van der Waals surface area (Å²) in [5.41, 5.74) is 1.78. The Kier molecular flexibility index (Phi) is 2.89. The highest BCUT2D eigenvalue weighted by molar-refractivity contribution is 7.17. The van der Waals surface area contributed by atoms with Gasteiger partial charge in [0.15, 0.2) is 0 Å². The van der Waals surface area contributed by atoms with E-state index in [4.69, 9.17) is 16.3 Å². The quantitative estimate of drug-likeness (QED) is 0.840. The van der Waals surface area contributed by atoms with Crippen molar-refractivity contribution in [1.29, 1.82) is 0 Å². The van der Waals surface area contributed by atoms with Gasteiger partial charge in [0.2, 0.25) is 0 Å². The SMILES string of the molecule is CCOC(=O)c1c(Cl)sc2c1CC1CNCC21. The molecule has 0 bridgehead atoms. The molecule has 0 spiro atoms. The van der Waals surface area contributed by atoms with Crippen molar-refractivity contribution < 1.29 is 9.53 Å². The number of nitrogens with one attached hydrogen (secondary N) is 1. The van der Waals surface area contributed by atoms with Crippen LogP contribution in [0.15, 0.2) is 0 Å². The summed E-state index contributed by atoms with van der Waals surface area (Å²) in [5, 5.41) is 3.40. The molecule has 2 aliphatic rings. The molecular formula is C12H14ClNO2S. The second-order valence-corrected chi connectivity index (χ2v) is 6.20. The summed E-state index contributed by atoms with van der Waals surface area (Å²) in [6.07, 6.45) is 0.963. The van der Waals surface area contributed by atoms with E-state index in [9.17, 15) is 4.79 Å². The number of hydrogen-bond acceptors (Lipinski definition) is 4. The molecule has 0 radical (unpaired) electrons. The molecule has 1 N–H and O–H groups in total. The third-order valence-electron chi connectivity index (χ3n) is 3.62. The Morgan fingerprint density at radius 2 is 2.41 bits per heavy atom. The van der Waals surface area contributed by atoms with E-state index in [-0.39, 0.29) is 5.97 Å². The highest BCUT2D eigenvalue weighted by Crippen LogP contribution is 2.48. The fraction of sp³-hybridized carbons (Fsp3) is 0.583. The smallest absolute Gasteiger partial charge is 0.340 e. The molecular weight excluding hydrogens is 258 g/mol. The van der Waals surface area contributed by atoms with Gasteiger partial charge in [0.05, 0.1) is 12.2 Å². The Labute approximate surface area is 109 Å². The van der Waals surface area contributed by atoms with E-state index in [1.54, 1.807) is 11.3 Å². The minimum Gasteiger partial charge on any atom is -0.462 e. The Morgan fingerprint density at radius 1 is 1.59 bits per heavy atom. The van der Waals surface area contributed by atoms with E-state index in [2.05, 4.69) is 5.32 Å². The van der Waals surface area contributed by atoms with Gasteiger partial charge in [-0.2, -0.15) is 0 Å². The van der Waals surface area contributed by atoms with E-state index < -0.39 is 0 Å². The molecule has 3 rings (SSSR count). The van der Waals surface area contributed by atoms with Crippen molar-refractivity contribution in [3.63, 3.8) is 0 Å². The van der Waals surface area contributed by atoms with Gasteiger partial charge in [-0.05, 0) is 31.4 Å². The standard InChI is InChI=1S/C12H14ClNO2S/c1-2-16-12(15)9-7-3-6-4-14-5-8(6)10(7)17-11(9)13/h6,8,14H,2-5H2,1H3. The maximum Gasteiger partial charge on any atom is 0.340 e. The molecule has 2 atom stereocenters. The second kappa shape index (κ2) is 4.26. The minimum absolute atomic E-state index is 0.261. The average Bonchev–Trinajstić information content (AvgIpc) is 2.89. The van der Waals surface area contributed by atoms with Gasteiger partial charge in [-0.15, -0.1) is 11.3 Å². The largest absolute Gasteiger partial charge is 0.462 e. The van der Waals surface area contributed by atoms with Crippen molar-refractivity contribution in [3.05, 3.63) is 20.3 Å². The number of hydrogen-bond donors (Lipinski definition) is 1. The third kappa shape index (κ3) is 1.70. The summed E-state index contributed by atoms with van der Waals surface area (Å²) < 4.78 is 5.68. The van der Waals surface area contributed by atoms with Crippen LogP contribution in [0.4, 0.5) is 0 Å². The number of rotatable bonds is 2. The first-order valence-electron chi connectivity index (χ1n) is 5.91. The van der Waals surface area contributed by atoms with Gasteiger partial charge in [-0.3, -0.25) is 0 Å². The zero-order valence-corrected chi connectivity index (χ0v) is 11.2. The highest BCUT2D eigenvalue weighted by atomic mass is 35.5. The van der Waals surface area contributed by atoms with E-state index in [0.717, 1.165) is 25.1 Å². The van der Waals surface area contributed by atoms with E-state index >= 15 is 0 Å². The van der Waals surface area contributed by atoms with Crippen LogP contribution >= 0.6 is 22.9 Å². The molecule has 92 valence electrons. The van der Waals surface area contributed by atoms with Crippen molar-refractivity contribution in [2.24, 2.45) is 5.92 Å². The van der Waals surface area contributed by atoms with Gasteiger partial charge >= 0.3 is 5.97 Å². The summed E-state index contributed by atoms with van der Waals surface area (Å²) in [7, 11) is 0. The van der Waals surface area contributed by atoms with Crippen molar-refractivity contribution >= 4 is 28.9 Å². The summed E-state index contributed by atoms with van der Waals surface area (Å²) in [6, 6.07) is 0. The number of fused-ring (bicyclic) bond motifs is 3. The lowest BCUT2D eigenvalue weighted by Crippen LogP contribution is -2.12. The molecule has 5 heteroatoms. The van der Waals surface area contributed by atoms with Gasteiger partial charge in [0.25, 0.3) is 0 Å². The molecule has 1 aliphatic carbocycles. The van der Waals surface area contributed by atoms with E-state index in [1.165, 1.54) is 4.88 Å². The molecule has 2 heterocycles. The number of carbonyl (C=O) groups is 1. The fourth-order valence-corrected chi connectivity index (χ4v) is 4.55. The van der Waals surface area contributed by atoms with Crippen LogP contribution in [-0.2, 0) is 11.2 Å². The number of esters is 1. The maximum absolute atomic E-state index is 11.9. The predicted molar refractivity (Wildman–Crippen MR) is 68.1 cm³/mol. The van der Waals surface area contributed by atoms with Crippen LogP contribution < -0.4 is 5.32 Å². The molecule has 17 heavy (non-hydrogen) atoms. The molecule has 1 saturated heterocycles. The second-order valence-electron chi connectivity index (χ2n) is 4.54. The summed E-state index contributed by atoms with van der Waals surface area (Å²) in [6.45, 7) is 4.27. The van der Waals surface area contributed by atoms with Crippen LogP contribution in [0, 0.1) is 5.92 Å². The lowest BCUT2D eigenvalue weighted by Gasteiger charge is -2.06. The monoisotopic (exact) mass is 271 g/mol. The van der Waals surface area contributed by atoms with Crippen LogP contribution in [0.2, 0.25) is 4.34 Å². The highest BCUT2D eigenvalue weighted by Gasteiger charge is 2.41. The van der Waals surface area contributed by atoms with Crippen LogP contribution in [0.1, 0.15) is 33.6 Å². The Bertz CT molecular complexity index is 471. The normalized spacial score (nSPS) is 25.8. The summed E-state index contributed by atoms with van der Waals surface area (Å²) in [5.74, 6) is 0.931. The van der Waals surface area contributed by atoms with Gasteiger partial charge in [0.1, 0.15) is 4.34 Å². The van der Waals surface area contributed by atoms with Crippen molar-refractivity contribution in [2.45, 2.75) is 19.3 Å². The van der Waals surface area contributed by atoms with Crippen LogP contribution in [0.5, 0.6) is 0 Å². The number of carbonyl (C=O) groups excluding carboxylic acids is 1. The third-order valence-corrected chi connectivity index (χ3v) is 5.19. The minimum atomic E-state index is -0.261. The van der Waals surface area contributed by atoms with Crippen LogP contribution in [0.25, 0.3) is 0 Å². The Balaban J connectivity index is 1.99. The van der Waals surface area contributed by atoms with Crippen molar-refractivity contribution in [2.75, 3.05) is 19.7 Å². The van der Waals surface area contributed by atoms with Gasteiger partial charge in [0, 0.05) is 17.3 Å². The predicted octanol–water partition coefficient (Wildman–Crippen LogP) is 2.44. The van der Waals surface area contributed by atoms with Gasteiger partial charge < -0.3 is 10.1 Å². The zero-order chi connectivity index (χ0) is 12.0. The maximum atomic E-state index is 11.9. The molecule has 1 aliphatic heterocycles. The van der Waals surface area contributed by atoms with Gasteiger partial charge in [-0.25, -0.2) is 4.79 Å². The number of ether oxygens (including phenoxy) is 1. The van der Waals surface area contributed by atoms with E-state index in [1.807, 2.05) is 6.92 Å². The zero-order valence-electron chi connectivity index (χ0n) is 9.59. The fourth-order valence-electron chi connectivity index (χ4n) is 2.88. The first-order chi connectivity index (χ1) is 8.22. The molecule has 3 nitrogen and oxygen atoms in total. The van der Waals surface area contributed by atoms with Gasteiger partial charge in [-0.1, -0.05) is 11.6 Å². The topological polar surface area (TPSA) is 38.3 Å². The lowest BCUT2D eigenvalue weighted by molar-refractivity contribution is 0.0526. The Hall–Kier alpha value is -0.580. The van der Waals surface area contributed by atoms with Crippen molar-refractivity contribution in [3.8, 4) is 0 Å². The molecule has 0 saturated carbocycles. The molecule has 1 aromatic rings. The first kappa shape index (κ1) is 11.5. The van der Waals surface area contributed by atoms with E-state index in [0.29, 0.717) is 28.3 Å². The summed E-state index contributed by atoms with van der Waals surface area (Å²) in [4.78, 5) is 13.2. The molecule has 0 amide bonds. The Morgan fingerprint density at radius 3 is 3.18 bits per heavy atom. The number of thiophene rings is 1. The molecule has 2 unspecified atom stereocenters. The first-order valence-corrected chi connectivity index (χ1v) is 7.10. The van der Waals surface area contributed by atoms with Crippen molar-refractivity contribution in [1.82, 2.24) is 5.32 Å². The molecule has 1 fully saturated rings. The van der Waals surface area contributed by atoms with Crippen LogP contribution in [0.3, 0.4) is 0 Å². The number of halogens is 1. The molecule has 0 aromatic carbocycles. The lowest BCUT2D eigenvalue weighted by atomic mass is 10.0. The molecule has 1 aromatic heterocycles. The average molecular weight is 272 g/mol. The van der Waals surface area contributed by atoms with Crippen LogP contribution in [-0.4, -0.2) is 25.7 Å². The summed E-state index contributed by atoms with van der Waals surface area (Å²) >= 11 is 7.74.